The lowest BCUT2D eigenvalue weighted by Gasteiger charge is -2.38. The van der Waals surface area contributed by atoms with Gasteiger partial charge in [-0.05, 0) is 72.1 Å². The first kappa shape index (κ1) is 24.8. The van der Waals surface area contributed by atoms with Gasteiger partial charge in [-0.2, -0.15) is 0 Å². The lowest BCUT2D eigenvalue weighted by Crippen LogP contribution is -2.46. The van der Waals surface area contributed by atoms with E-state index in [9.17, 15) is 14.0 Å². The first-order valence-electron chi connectivity index (χ1n) is 11.4. The van der Waals surface area contributed by atoms with Crippen LogP contribution in [-0.4, -0.2) is 51.3 Å². The Morgan fingerprint density at radius 1 is 0.972 bits per heavy atom. The molecule has 0 fully saturated rings. The van der Waals surface area contributed by atoms with E-state index in [-0.39, 0.29) is 12.5 Å². The molecule has 0 spiro atoms. The topological polar surface area (TPSA) is 89.1 Å². The summed E-state index contributed by atoms with van der Waals surface area (Å²) in [6.45, 7) is 0.552. The van der Waals surface area contributed by atoms with Gasteiger partial charge in [-0.15, -0.1) is 0 Å². The number of nitrogens with one attached hydrogen (secondary N) is 2. The van der Waals surface area contributed by atoms with E-state index in [0.717, 1.165) is 11.1 Å². The van der Waals surface area contributed by atoms with Crippen LogP contribution in [0.1, 0.15) is 27.5 Å². The molecule has 2 N–H and O–H groups in total. The maximum Gasteiger partial charge on any atom is 0.322 e. The van der Waals surface area contributed by atoms with E-state index in [1.54, 1.807) is 56.6 Å². The molecule has 1 unspecified atom stereocenters. The molecule has 3 amide bonds. The number of halogens is 1. The molecule has 4 rings (SSSR count). The number of ether oxygens (including phenoxy) is 3. The molecule has 0 bridgehead atoms. The van der Waals surface area contributed by atoms with Crippen LogP contribution in [0.15, 0.2) is 60.7 Å². The molecule has 0 aliphatic carbocycles. The van der Waals surface area contributed by atoms with Crippen molar-refractivity contribution in [2.45, 2.75) is 12.5 Å². The van der Waals surface area contributed by atoms with Gasteiger partial charge in [-0.3, -0.25) is 4.79 Å². The molecular formula is C27H28FN3O5. The van der Waals surface area contributed by atoms with Crippen molar-refractivity contribution in [2.24, 2.45) is 0 Å². The third kappa shape index (κ3) is 5.35. The minimum atomic E-state index is -0.496. The predicted octanol–water partition coefficient (Wildman–Crippen LogP) is 4.41. The van der Waals surface area contributed by atoms with Crippen molar-refractivity contribution < 1.29 is 28.2 Å². The van der Waals surface area contributed by atoms with Gasteiger partial charge >= 0.3 is 6.03 Å². The quantitative estimate of drug-likeness (QED) is 0.509. The number of hydrogen-bond donors (Lipinski definition) is 2. The second-order valence-electron chi connectivity index (χ2n) is 8.24. The van der Waals surface area contributed by atoms with Gasteiger partial charge in [0.15, 0.2) is 11.5 Å². The second-order valence-corrected chi connectivity index (χ2v) is 8.24. The highest BCUT2D eigenvalue weighted by atomic mass is 19.1. The summed E-state index contributed by atoms with van der Waals surface area (Å²) >= 11 is 0. The van der Waals surface area contributed by atoms with Crippen molar-refractivity contribution in [2.75, 3.05) is 39.7 Å². The Kier molecular flexibility index (Phi) is 7.58. The highest BCUT2D eigenvalue weighted by Crippen LogP contribution is 2.38. The van der Waals surface area contributed by atoms with E-state index in [0.29, 0.717) is 41.5 Å². The van der Waals surface area contributed by atoms with Crippen LogP contribution in [0.2, 0.25) is 0 Å². The number of rotatable bonds is 7. The highest BCUT2D eigenvalue weighted by molar-refractivity contribution is 5.94. The Morgan fingerprint density at radius 3 is 2.36 bits per heavy atom. The largest absolute Gasteiger partial charge is 0.497 e. The van der Waals surface area contributed by atoms with Crippen molar-refractivity contribution >= 4 is 17.6 Å². The zero-order valence-electron chi connectivity index (χ0n) is 20.3. The van der Waals surface area contributed by atoms with Crippen LogP contribution in [0, 0.1) is 5.82 Å². The molecule has 0 aromatic heterocycles. The average molecular weight is 494 g/mol. The predicted molar refractivity (Wildman–Crippen MR) is 133 cm³/mol. The summed E-state index contributed by atoms with van der Waals surface area (Å²) in [5.74, 6) is 1.03. The number of anilines is 1. The van der Waals surface area contributed by atoms with Crippen LogP contribution in [0.5, 0.6) is 17.2 Å². The second kappa shape index (κ2) is 11.0. The zero-order chi connectivity index (χ0) is 25.7. The highest BCUT2D eigenvalue weighted by Gasteiger charge is 2.32. The van der Waals surface area contributed by atoms with E-state index in [2.05, 4.69) is 10.6 Å². The molecule has 1 atom stereocenters. The van der Waals surface area contributed by atoms with Crippen molar-refractivity contribution in [1.82, 2.24) is 10.2 Å². The standard InChI is InChI=1S/C27H28FN3O5/c1-34-21-9-7-17(8-10-21)26(32)29-16-23-22-15-25(36-3)24(35-2)13-18(22)11-12-31(23)27(33)30-20-6-4-5-19(28)14-20/h4-10,13-15,23H,11-12,16H2,1-3H3,(H,29,32)(H,30,33). The molecule has 1 aliphatic heterocycles. The lowest BCUT2D eigenvalue weighted by atomic mass is 9.91. The summed E-state index contributed by atoms with van der Waals surface area (Å²) in [5, 5.41) is 5.70. The van der Waals surface area contributed by atoms with Gasteiger partial charge in [0.1, 0.15) is 11.6 Å². The van der Waals surface area contributed by atoms with Gasteiger partial charge in [-0.25, -0.2) is 9.18 Å². The molecular weight excluding hydrogens is 465 g/mol. The number of carbonyl (C=O) groups excluding carboxylic acids is 2. The Morgan fingerprint density at radius 2 is 1.69 bits per heavy atom. The molecule has 0 saturated carbocycles. The fourth-order valence-corrected chi connectivity index (χ4v) is 4.29. The molecule has 1 heterocycles. The number of amides is 3. The summed E-state index contributed by atoms with van der Waals surface area (Å²) in [6, 6.07) is 15.3. The Bertz CT molecular complexity index is 1250. The molecule has 188 valence electrons. The molecule has 3 aromatic rings. The Labute approximate surface area is 209 Å². The number of fused-ring (bicyclic) bond motifs is 1. The first-order valence-corrected chi connectivity index (χ1v) is 11.4. The van der Waals surface area contributed by atoms with Crippen LogP contribution in [0.3, 0.4) is 0 Å². The first-order chi connectivity index (χ1) is 17.4. The molecule has 0 saturated heterocycles. The number of methoxy groups -OCH3 is 3. The summed E-state index contributed by atoms with van der Waals surface area (Å²) in [5.41, 5.74) is 2.64. The smallest absolute Gasteiger partial charge is 0.322 e. The number of urea groups is 1. The average Bonchev–Trinajstić information content (AvgIpc) is 2.90. The van der Waals surface area contributed by atoms with Crippen molar-refractivity contribution in [3.8, 4) is 17.2 Å². The minimum absolute atomic E-state index is 0.157. The van der Waals surface area contributed by atoms with Crippen LogP contribution in [0.25, 0.3) is 0 Å². The molecule has 0 radical (unpaired) electrons. The Balaban J connectivity index is 1.61. The van der Waals surface area contributed by atoms with E-state index < -0.39 is 17.9 Å². The number of nitrogens with zero attached hydrogens (tertiary/aromatic N) is 1. The number of benzene rings is 3. The van der Waals surface area contributed by atoms with E-state index in [1.165, 1.54) is 18.2 Å². The van der Waals surface area contributed by atoms with Crippen molar-refractivity contribution in [3.05, 3.63) is 83.2 Å². The zero-order valence-corrected chi connectivity index (χ0v) is 20.3. The third-order valence-corrected chi connectivity index (χ3v) is 6.15. The van der Waals surface area contributed by atoms with Gasteiger partial charge in [0.25, 0.3) is 5.91 Å². The SMILES string of the molecule is COc1ccc(C(=O)NCC2c3cc(OC)c(OC)cc3CCN2C(=O)Nc2cccc(F)c2)cc1. The molecule has 1 aliphatic rings. The number of hydrogen-bond acceptors (Lipinski definition) is 5. The van der Waals surface area contributed by atoms with Crippen LogP contribution >= 0.6 is 0 Å². The van der Waals surface area contributed by atoms with E-state index >= 15 is 0 Å². The third-order valence-electron chi connectivity index (χ3n) is 6.15. The molecule has 9 heteroatoms. The summed E-state index contributed by atoms with van der Waals surface area (Å²) in [4.78, 5) is 27.8. The van der Waals surface area contributed by atoms with E-state index in [4.69, 9.17) is 14.2 Å². The minimum Gasteiger partial charge on any atom is -0.497 e. The molecule has 8 nitrogen and oxygen atoms in total. The molecule has 36 heavy (non-hydrogen) atoms. The summed E-state index contributed by atoms with van der Waals surface area (Å²) < 4.78 is 29.7. The summed E-state index contributed by atoms with van der Waals surface area (Å²) in [6.07, 6.45) is 0.579. The normalized spacial score (nSPS) is 14.4. The fourth-order valence-electron chi connectivity index (χ4n) is 4.29. The Hall–Kier alpha value is -4.27. The van der Waals surface area contributed by atoms with Crippen LogP contribution in [-0.2, 0) is 6.42 Å². The lowest BCUT2D eigenvalue weighted by molar-refractivity contribution is 0.0936. The number of carbonyl (C=O) groups is 2. The monoisotopic (exact) mass is 493 g/mol. The van der Waals surface area contributed by atoms with Gasteiger partial charge < -0.3 is 29.7 Å². The van der Waals surface area contributed by atoms with Gasteiger partial charge in [0.05, 0.1) is 27.4 Å². The summed E-state index contributed by atoms with van der Waals surface area (Å²) in [7, 11) is 4.67. The van der Waals surface area contributed by atoms with Crippen LogP contribution in [0.4, 0.5) is 14.9 Å². The van der Waals surface area contributed by atoms with Crippen LogP contribution < -0.4 is 24.8 Å². The maximum atomic E-state index is 13.7. The van der Waals surface area contributed by atoms with Gasteiger partial charge in [0.2, 0.25) is 0 Å². The fraction of sp³-hybridized carbons (Fsp3) is 0.259. The van der Waals surface area contributed by atoms with Gasteiger partial charge in [0, 0.05) is 24.3 Å². The van der Waals surface area contributed by atoms with Crippen molar-refractivity contribution in [1.29, 1.82) is 0 Å². The maximum absolute atomic E-state index is 13.7. The van der Waals surface area contributed by atoms with Crippen molar-refractivity contribution in [3.63, 3.8) is 0 Å². The van der Waals surface area contributed by atoms with E-state index in [1.807, 2.05) is 12.1 Å². The van der Waals surface area contributed by atoms with Gasteiger partial charge in [-0.1, -0.05) is 6.07 Å². The molecule has 3 aromatic carbocycles.